The second-order valence-electron chi connectivity index (χ2n) is 15.5. The van der Waals surface area contributed by atoms with Gasteiger partial charge in [-0.15, -0.1) is 0 Å². The third kappa shape index (κ3) is 4.09. The molecule has 1 aliphatic heterocycles. The fourth-order valence-electron chi connectivity index (χ4n) is 10.6. The third-order valence-electron chi connectivity index (χ3n) is 13.0. The number of aromatic nitrogens is 1. The van der Waals surface area contributed by atoms with E-state index < -0.39 is 0 Å². The Morgan fingerprint density at radius 1 is 0.574 bits per heavy atom. The molecule has 3 unspecified atom stereocenters. The number of hydrogen-bond acceptors (Lipinski definition) is 1. The molecule has 2 heteroatoms. The van der Waals surface area contributed by atoms with Crippen LogP contribution in [0.1, 0.15) is 71.1 Å². The molecule has 0 fully saturated rings. The van der Waals surface area contributed by atoms with Gasteiger partial charge in [-0.25, -0.2) is 0 Å². The molecule has 3 atom stereocenters. The Hall–Kier alpha value is -6.25. The van der Waals surface area contributed by atoms with Crippen LogP contribution in [0.4, 0.5) is 0 Å². The van der Waals surface area contributed by atoms with E-state index in [1.807, 2.05) is 0 Å². The SMILES string of the molecule is CCC1c2ccccc2C(c2ccc3ccccc3c2)=NC1n1c2ccc3ccccc3c2c2cc3c4c(c21)-c1ccccc1C(CC4)c1ccccc1-3. The van der Waals surface area contributed by atoms with E-state index in [1.165, 1.54) is 99.0 Å². The van der Waals surface area contributed by atoms with Gasteiger partial charge in [-0.3, -0.25) is 4.99 Å². The van der Waals surface area contributed by atoms with Crippen LogP contribution in [0.2, 0.25) is 0 Å². The molecule has 2 aliphatic carbocycles. The largest absolute Gasteiger partial charge is 0.316 e. The van der Waals surface area contributed by atoms with Gasteiger partial charge >= 0.3 is 0 Å². The van der Waals surface area contributed by atoms with Gasteiger partial charge in [0.1, 0.15) is 6.17 Å². The van der Waals surface area contributed by atoms with Crippen molar-refractivity contribution in [2.45, 2.75) is 44.2 Å². The summed E-state index contributed by atoms with van der Waals surface area (Å²) in [5.41, 5.74) is 17.5. The van der Waals surface area contributed by atoms with Gasteiger partial charge in [-0.1, -0.05) is 146 Å². The van der Waals surface area contributed by atoms with Crippen LogP contribution in [0.3, 0.4) is 0 Å². The highest BCUT2D eigenvalue weighted by atomic mass is 15.2. The van der Waals surface area contributed by atoms with Crippen LogP contribution in [0, 0.1) is 0 Å². The van der Waals surface area contributed by atoms with Crippen LogP contribution < -0.4 is 0 Å². The number of benzene rings is 8. The number of rotatable bonds is 3. The molecule has 0 amide bonds. The Kier molecular flexibility index (Phi) is 6.37. The number of nitrogens with zero attached hydrogens (tertiary/aromatic N) is 2. The molecule has 9 aromatic rings. The Morgan fingerprint density at radius 3 is 2.07 bits per heavy atom. The topological polar surface area (TPSA) is 17.3 Å². The second-order valence-corrected chi connectivity index (χ2v) is 15.5. The van der Waals surface area contributed by atoms with E-state index in [0.717, 1.165) is 25.0 Å². The monoisotopic (exact) mass is 690 g/mol. The first-order valence-corrected chi connectivity index (χ1v) is 19.6. The first-order chi connectivity index (χ1) is 26.8. The van der Waals surface area contributed by atoms with Crippen molar-refractivity contribution in [1.82, 2.24) is 4.57 Å². The summed E-state index contributed by atoms with van der Waals surface area (Å²) in [6.45, 7) is 2.35. The number of hydrogen-bond donors (Lipinski definition) is 0. The van der Waals surface area contributed by atoms with Crippen LogP contribution >= 0.6 is 0 Å². The maximum atomic E-state index is 5.97. The average molecular weight is 691 g/mol. The predicted molar refractivity (Wildman–Crippen MR) is 226 cm³/mol. The van der Waals surface area contributed by atoms with Crippen molar-refractivity contribution in [2.24, 2.45) is 4.99 Å². The summed E-state index contributed by atoms with van der Waals surface area (Å²) in [6, 6.07) is 59.4. The van der Waals surface area contributed by atoms with Crippen LogP contribution in [-0.2, 0) is 6.42 Å². The summed E-state index contributed by atoms with van der Waals surface area (Å²) in [4.78, 5) is 5.97. The van der Waals surface area contributed by atoms with Crippen molar-refractivity contribution in [1.29, 1.82) is 0 Å². The van der Waals surface area contributed by atoms with Crippen LogP contribution in [0.5, 0.6) is 0 Å². The summed E-state index contributed by atoms with van der Waals surface area (Å²) >= 11 is 0. The van der Waals surface area contributed by atoms with Gasteiger partial charge in [-0.2, -0.15) is 0 Å². The minimum atomic E-state index is -0.135. The zero-order valence-corrected chi connectivity index (χ0v) is 30.3. The molecule has 0 saturated heterocycles. The molecule has 2 heterocycles. The summed E-state index contributed by atoms with van der Waals surface area (Å²) in [5.74, 6) is 0.562. The van der Waals surface area contributed by atoms with Crippen molar-refractivity contribution < 1.29 is 0 Å². The smallest absolute Gasteiger partial charge is 0.133 e. The molecule has 0 spiro atoms. The third-order valence-corrected chi connectivity index (χ3v) is 13.0. The predicted octanol–water partition coefficient (Wildman–Crippen LogP) is 13.4. The van der Waals surface area contributed by atoms with Crippen molar-refractivity contribution in [3.05, 3.63) is 191 Å². The molecule has 0 N–H and O–H groups in total. The standard InChI is InChI=1S/C52H38N2/c1-2-35-37-17-10-12-22-44(37)50(34-24-23-31-13-3-4-15-33(31)29-34)53-52(35)54-47-28-25-32-14-5-6-16-36(32)48(47)46-30-45-40-20-8-7-18-38(40)41-26-27-43(45)49(51(46)54)42-21-11-9-19-39(41)42/h3-25,28-30,35,41,52H,2,26-27H2,1H3. The van der Waals surface area contributed by atoms with E-state index in [2.05, 4.69) is 169 Å². The quantitative estimate of drug-likeness (QED) is 0.176. The van der Waals surface area contributed by atoms with Crippen molar-refractivity contribution in [2.75, 3.05) is 0 Å². The summed E-state index contributed by atoms with van der Waals surface area (Å²) in [6.07, 6.45) is 3.01. The molecular formula is C52H38N2. The average Bonchev–Trinajstić information content (AvgIpc) is 3.34. The molecule has 0 radical (unpaired) electrons. The lowest BCUT2D eigenvalue weighted by Crippen LogP contribution is -2.25. The van der Waals surface area contributed by atoms with Gasteiger partial charge in [0, 0.05) is 39.3 Å². The fraction of sp³-hybridized carbons (Fsp3) is 0.135. The maximum Gasteiger partial charge on any atom is 0.133 e. The Morgan fingerprint density at radius 2 is 1.24 bits per heavy atom. The van der Waals surface area contributed by atoms with E-state index >= 15 is 0 Å². The summed E-state index contributed by atoms with van der Waals surface area (Å²) < 4.78 is 2.69. The lowest BCUT2D eigenvalue weighted by Gasteiger charge is -2.34. The molecule has 256 valence electrons. The van der Waals surface area contributed by atoms with E-state index in [-0.39, 0.29) is 12.1 Å². The van der Waals surface area contributed by atoms with Gasteiger partial charge in [0.2, 0.25) is 0 Å². The van der Waals surface area contributed by atoms with Crippen LogP contribution in [0.25, 0.3) is 65.6 Å². The van der Waals surface area contributed by atoms with E-state index in [4.69, 9.17) is 4.99 Å². The van der Waals surface area contributed by atoms with Crippen LogP contribution in [0.15, 0.2) is 163 Å². The molecule has 2 nitrogen and oxygen atoms in total. The van der Waals surface area contributed by atoms with Gasteiger partial charge in [0.05, 0.1) is 16.7 Å². The Labute approximate surface area is 315 Å². The molecule has 8 aromatic carbocycles. The number of fused-ring (bicyclic) bond motifs is 16. The molecule has 12 rings (SSSR count). The zero-order chi connectivity index (χ0) is 35.5. The lowest BCUT2D eigenvalue weighted by atomic mass is 9.79. The van der Waals surface area contributed by atoms with E-state index in [0.29, 0.717) is 5.92 Å². The van der Waals surface area contributed by atoms with Gasteiger partial charge in [0.15, 0.2) is 0 Å². The highest BCUT2D eigenvalue weighted by Gasteiger charge is 2.38. The molecule has 2 bridgehead atoms. The first-order valence-electron chi connectivity index (χ1n) is 19.6. The van der Waals surface area contributed by atoms with Crippen molar-refractivity contribution in [3.63, 3.8) is 0 Å². The highest BCUT2D eigenvalue weighted by Crippen LogP contribution is 2.55. The normalized spacial score (nSPS) is 18.3. The van der Waals surface area contributed by atoms with E-state index in [9.17, 15) is 0 Å². The lowest BCUT2D eigenvalue weighted by molar-refractivity contribution is 0.430. The van der Waals surface area contributed by atoms with Crippen molar-refractivity contribution in [3.8, 4) is 22.3 Å². The highest BCUT2D eigenvalue weighted by molar-refractivity contribution is 6.25. The Bertz CT molecular complexity index is 3070. The first kappa shape index (κ1) is 30.2. The van der Waals surface area contributed by atoms with Gasteiger partial charge in [0.25, 0.3) is 0 Å². The van der Waals surface area contributed by atoms with Crippen LogP contribution in [-0.4, -0.2) is 10.3 Å². The molecule has 54 heavy (non-hydrogen) atoms. The maximum absolute atomic E-state index is 5.97. The Balaban J connectivity index is 1.26. The minimum Gasteiger partial charge on any atom is -0.316 e. The minimum absolute atomic E-state index is 0.135. The van der Waals surface area contributed by atoms with Gasteiger partial charge < -0.3 is 4.57 Å². The van der Waals surface area contributed by atoms with Crippen molar-refractivity contribution >= 4 is 49.1 Å². The number of aliphatic imine (C=N–C) groups is 1. The summed E-state index contributed by atoms with van der Waals surface area (Å²) in [5, 5.41) is 7.73. The second kappa shape index (κ2) is 11.4. The zero-order valence-electron chi connectivity index (χ0n) is 30.3. The fourth-order valence-corrected chi connectivity index (χ4v) is 10.6. The summed E-state index contributed by atoms with van der Waals surface area (Å²) in [7, 11) is 0. The van der Waals surface area contributed by atoms with Gasteiger partial charge in [-0.05, 0) is 98.0 Å². The molecule has 3 aliphatic rings. The molecule has 1 aromatic heterocycles. The molecular weight excluding hydrogens is 653 g/mol. The van der Waals surface area contributed by atoms with E-state index in [1.54, 1.807) is 0 Å². The molecule has 0 saturated carbocycles.